The van der Waals surface area contributed by atoms with Gasteiger partial charge in [-0.25, -0.2) is 0 Å². The molecule has 0 spiro atoms. The van der Waals surface area contributed by atoms with Crippen molar-refractivity contribution in [3.8, 4) is 0 Å². The van der Waals surface area contributed by atoms with E-state index in [0.29, 0.717) is 12.1 Å². The first-order chi connectivity index (χ1) is 11.6. The fraction of sp³-hybridized carbons (Fsp3) is 0.444. The van der Waals surface area contributed by atoms with Gasteiger partial charge in [0.05, 0.1) is 5.56 Å². The van der Waals surface area contributed by atoms with Gasteiger partial charge in [0, 0.05) is 32.0 Å². The van der Waals surface area contributed by atoms with Crippen molar-refractivity contribution in [1.29, 1.82) is 0 Å². The topological polar surface area (TPSA) is 41.4 Å². The Bertz CT molecular complexity index is 779. The predicted octanol–water partition coefficient (Wildman–Crippen LogP) is 2.87. The van der Waals surface area contributed by atoms with Crippen LogP contribution in [-0.4, -0.2) is 40.2 Å². The molecule has 0 saturated carbocycles. The second-order valence-corrected chi connectivity index (χ2v) is 6.97. The van der Waals surface area contributed by atoms with E-state index in [9.17, 15) is 4.79 Å². The number of aryl methyl sites for hydroxylation is 1. The average molecular weight is 345 g/mol. The van der Waals surface area contributed by atoms with Crippen LogP contribution >= 0.6 is 11.6 Å². The highest BCUT2D eigenvalue weighted by molar-refractivity contribution is 6.33. The van der Waals surface area contributed by atoms with Crippen molar-refractivity contribution in [2.45, 2.75) is 25.8 Å². The predicted molar refractivity (Wildman–Crippen MR) is 94.6 cm³/mol. The Morgan fingerprint density at radius 3 is 2.75 bits per heavy atom. The normalized spacial score (nSPS) is 17.5. The molecule has 24 heavy (non-hydrogen) atoms. The van der Waals surface area contributed by atoms with Crippen LogP contribution < -0.4 is 4.90 Å². The lowest BCUT2D eigenvalue weighted by Crippen LogP contribution is -2.28. The zero-order valence-corrected chi connectivity index (χ0v) is 14.6. The van der Waals surface area contributed by atoms with Crippen LogP contribution in [0.25, 0.3) is 0 Å². The Labute approximate surface area is 146 Å². The van der Waals surface area contributed by atoms with E-state index in [1.54, 1.807) is 17.9 Å². The van der Waals surface area contributed by atoms with Gasteiger partial charge in [0.15, 0.2) is 5.15 Å². The third-order valence-corrected chi connectivity index (χ3v) is 5.26. The standard InChI is InChI=1S/C18H21ClN4O/c1-21-12-15(17(19)20-21)18(24)23-10-7-14-13(5-4-6-16(14)23)11-22-8-2-3-9-22/h4-6,12H,2-3,7-11H2,1H3. The van der Waals surface area contributed by atoms with Crippen LogP contribution in [0.1, 0.15) is 34.3 Å². The number of benzene rings is 1. The summed E-state index contributed by atoms with van der Waals surface area (Å²) in [6.45, 7) is 4.05. The molecule has 0 aliphatic carbocycles. The van der Waals surface area contributed by atoms with Crippen molar-refractivity contribution in [2.24, 2.45) is 7.05 Å². The smallest absolute Gasteiger partial charge is 0.263 e. The minimum Gasteiger partial charge on any atom is -0.308 e. The molecule has 0 bridgehead atoms. The maximum atomic E-state index is 12.9. The summed E-state index contributed by atoms with van der Waals surface area (Å²) in [4.78, 5) is 17.2. The molecule has 6 heteroatoms. The van der Waals surface area contributed by atoms with Gasteiger partial charge < -0.3 is 4.90 Å². The van der Waals surface area contributed by atoms with Gasteiger partial charge in [-0.05, 0) is 49.5 Å². The van der Waals surface area contributed by atoms with Crippen LogP contribution in [0.2, 0.25) is 5.15 Å². The Morgan fingerprint density at radius 2 is 2.04 bits per heavy atom. The molecule has 2 aromatic rings. The summed E-state index contributed by atoms with van der Waals surface area (Å²) in [7, 11) is 1.77. The summed E-state index contributed by atoms with van der Waals surface area (Å²) >= 11 is 6.10. The van der Waals surface area contributed by atoms with Gasteiger partial charge >= 0.3 is 0 Å². The van der Waals surface area contributed by atoms with Gasteiger partial charge in [0.2, 0.25) is 0 Å². The molecule has 1 saturated heterocycles. The molecule has 3 heterocycles. The molecule has 126 valence electrons. The molecule has 1 amide bonds. The molecule has 2 aliphatic rings. The summed E-state index contributed by atoms with van der Waals surface area (Å²) < 4.78 is 1.58. The minimum atomic E-state index is -0.0647. The van der Waals surface area contributed by atoms with Gasteiger partial charge in [-0.3, -0.25) is 14.4 Å². The maximum Gasteiger partial charge on any atom is 0.263 e. The average Bonchev–Trinajstić information content (AvgIpc) is 3.27. The van der Waals surface area contributed by atoms with Gasteiger partial charge in [-0.1, -0.05) is 23.7 Å². The number of carbonyl (C=O) groups is 1. The van der Waals surface area contributed by atoms with Crippen LogP contribution in [0.5, 0.6) is 0 Å². The fourth-order valence-electron chi connectivity index (χ4n) is 3.80. The lowest BCUT2D eigenvalue weighted by atomic mass is 10.0. The van der Waals surface area contributed by atoms with Gasteiger partial charge in [0.25, 0.3) is 5.91 Å². The monoisotopic (exact) mass is 344 g/mol. The summed E-state index contributed by atoms with van der Waals surface area (Å²) in [6, 6.07) is 6.29. The van der Waals surface area contributed by atoms with E-state index in [4.69, 9.17) is 11.6 Å². The van der Waals surface area contributed by atoms with Crippen molar-refractivity contribution in [3.63, 3.8) is 0 Å². The van der Waals surface area contributed by atoms with E-state index in [1.165, 1.54) is 37.1 Å². The van der Waals surface area contributed by atoms with Crippen LogP contribution in [0.15, 0.2) is 24.4 Å². The summed E-state index contributed by atoms with van der Waals surface area (Å²) in [5.41, 5.74) is 4.15. The zero-order chi connectivity index (χ0) is 16.7. The maximum absolute atomic E-state index is 12.9. The molecular formula is C18H21ClN4O. The Hall–Kier alpha value is -1.85. The number of nitrogens with zero attached hydrogens (tertiary/aromatic N) is 4. The van der Waals surface area contributed by atoms with Crippen LogP contribution in [0, 0.1) is 0 Å². The highest BCUT2D eigenvalue weighted by Gasteiger charge is 2.29. The number of halogens is 1. The van der Waals surface area contributed by atoms with Gasteiger partial charge in [-0.15, -0.1) is 0 Å². The van der Waals surface area contributed by atoms with Crippen molar-refractivity contribution >= 4 is 23.2 Å². The van der Waals surface area contributed by atoms with E-state index >= 15 is 0 Å². The first-order valence-corrected chi connectivity index (χ1v) is 8.85. The van der Waals surface area contributed by atoms with Crippen molar-refractivity contribution in [2.75, 3.05) is 24.5 Å². The first-order valence-electron chi connectivity index (χ1n) is 8.47. The lowest BCUT2D eigenvalue weighted by molar-refractivity contribution is 0.0989. The minimum absolute atomic E-state index is 0.0647. The van der Waals surface area contributed by atoms with Gasteiger partial charge in [0.1, 0.15) is 0 Å². The molecule has 5 nitrogen and oxygen atoms in total. The van der Waals surface area contributed by atoms with Crippen molar-refractivity contribution in [1.82, 2.24) is 14.7 Å². The van der Waals surface area contributed by atoms with Gasteiger partial charge in [-0.2, -0.15) is 5.10 Å². The molecule has 0 N–H and O–H groups in total. The molecule has 2 aliphatic heterocycles. The van der Waals surface area contributed by atoms with Crippen molar-refractivity contribution < 1.29 is 4.79 Å². The Balaban J connectivity index is 1.62. The van der Waals surface area contributed by atoms with E-state index in [-0.39, 0.29) is 11.1 Å². The second-order valence-electron chi connectivity index (χ2n) is 6.61. The highest BCUT2D eigenvalue weighted by atomic mass is 35.5. The summed E-state index contributed by atoms with van der Waals surface area (Å²) in [6.07, 6.45) is 5.18. The van der Waals surface area contributed by atoms with E-state index < -0.39 is 0 Å². The van der Waals surface area contributed by atoms with E-state index in [1.807, 2.05) is 11.0 Å². The van der Waals surface area contributed by atoms with Crippen LogP contribution in [0.4, 0.5) is 5.69 Å². The summed E-state index contributed by atoms with van der Waals surface area (Å²) in [5, 5.41) is 4.34. The second kappa shape index (κ2) is 6.22. The summed E-state index contributed by atoms with van der Waals surface area (Å²) in [5.74, 6) is -0.0647. The molecule has 0 atom stereocenters. The molecule has 1 aromatic heterocycles. The molecule has 4 rings (SSSR count). The number of carbonyl (C=O) groups excluding carboxylic acids is 1. The van der Waals surface area contributed by atoms with E-state index in [2.05, 4.69) is 22.1 Å². The quantitative estimate of drug-likeness (QED) is 0.859. The number of hydrogen-bond donors (Lipinski definition) is 0. The Kier molecular flexibility index (Phi) is 4.06. The lowest BCUT2D eigenvalue weighted by Gasteiger charge is -2.19. The van der Waals surface area contributed by atoms with Crippen LogP contribution in [-0.2, 0) is 20.0 Å². The number of hydrogen-bond acceptors (Lipinski definition) is 3. The zero-order valence-electron chi connectivity index (χ0n) is 13.8. The first kappa shape index (κ1) is 15.7. The third-order valence-electron chi connectivity index (χ3n) is 4.98. The fourth-order valence-corrected chi connectivity index (χ4v) is 4.05. The number of anilines is 1. The number of rotatable bonds is 3. The largest absolute Gasteiger partial charge is 0.308 e. The molecule has 1 fully saturated rings. The molecule has 0 radical (unpaired) electrons. The Morgan fingerprint density at radius 1 is 1.25 bits per heavy atom. The third kappa shape index (κ3) is 2.72. The molecule has 0 unspecified atom stereocenters. The highest BCUT2D eigenvalue weighted by Crippen LogP contribution is 2.33. The molecule has 1 aromatic carbocycles. The molecular weight excluding hydrogens is 324 g/mol. The number of fused-ring (bicyclic) bond motifs is 1. The number of aromatic nitrogens is 2. The number of likely N-dealkylation sites (tertiary alicyclic amines) is 1. The van der Waals surface area contributed by atoms with Crippen LogP contribution in [0.3, 0.4) is 0 Å². The number of amides is 1. The van der Waals surface area contributed by atoms with Crippen molar-refractivity contribution in [3.05, 3.63) is 46.2 Å². The SMILES string of the molecule is Cn1cc(C(=O)N2CCc3c(CN4CCCC4)cccc32)c(Cl)n1. The van der Waals surface area contributed by atoms with E-state index in [0.717, 1.165) is 18.7 Å².